The highest BCUT2D eigenvalue weighted by Gasteiger charge is 2.23. The van der Waals surface area contributed by atoms with Crippen LogP contribution >= 0.6 is 0 Å². The molecule has 0 saturated carbocycles. The molecule has 6 nitrogen and oxygen atoms in total. The first-order chi connectivity index (χ1) is 14.8. The first-order valence-corrected chi connectivity index (χ1v) is 12.5. The van der Waals surface area contributed by atoms with Crippen molar-refractivity contribution in [2.75, 3.05) is 26.2 Å². The Morgan fingerprint density at radius 1 is 1.06 bits per heavy atom. The van der Waals surface area contributed by atoms with E-state index in [4.69, 9.17) is 0 Å². The van der Waals surface area contributed by atoms with Gasteiger partial charge in [0.15, 0.2) is 0 Å². The molecule has 2 aromatic rings. The summed E-state index contributed by atoms with van der Waals surface area (Å²) in [7, 11) is -3.51. The molecule has 1 heterocycles. The standard InChI is InChI=1S/C24H33N3O3S/c1-4-27(5-2)31(29,30)23-11-9-21(10-12-23)24(28)25-22-13-15-26(16-14-22)18-20-8-6-7-19(3)17-20/h6-12,17,22H,4-5,13-16,18H2,1-3H3,(H,25,28). The van der Waals surface area contributed by atoms with Gasteiger partial charge < -0.3 is 5.32 Å². The van der Waals surface area contributed by atoms with Gasteiger partial charge in [-0.05, 0) is 49.6 Å². The Hall–Kier alpha value is -2.22. The quantitative estimate of drug-likeness (QED) is 0.679. The van der Waals surface area contributed by atoms with Crippen LogP contribution in [0.15, 0.2) is 53.4 Å². The first kappa shape index (κ1) is 23.4. The minimum atomic E-state index is -3.51. The Balaban J connectivity index is 1.53. The number of amides is 1. The summed E-state index contributed by atoms with van der Waals surface area (Å²) >= 11 is 0. The number of carbonyl (C=O) groups excluding carboxylic acids is 1. The van der Waals surface area contributed by atoms with Crippen LogP contribution in [0.2, 0.25) is 0 Å². The fourth-order valence-corrected chi connectivity index (χ4v) is 5.52. The Kier molecular flexibility index (Phi) is 7.86. The maximum Gasteiger partial charge on any atom is 0.251 e. The molecule has 1 saturated heterocycles. The normalized spacial score (nSPS) is 15.9. The largest absolute Gasteiger partial charge is 0.349 e. The van der Waals surface area contributed by atoms with Crippen molar-refractivity contribution in [3.05, 3.63) is 65.2 Å². The molecule has 2 aromatic carbocycles. The monoisotopic (exact) mass is 443 g/mol. The van der Waals surface area contributed by atoms with E-state index in [0.29, 0.717) is 18.7 Å². The van der Waals surface area contributed by atoms with Gasteiger partial charge in [-0.1, -0.05) is 43.7 Å². The number of nitrogens with one attached hydrogen (secondary N) is 1. The van der Waals surface area contributed by atoms with Gasteiger partial charge in [0.1, 0.15) is 0 Å². The fraction of sp³-hybridized carbons (Fsp3) is 0.458. The van der Waals surface area contributed by atoms with Crippen molar-refractivity contribution in [2.24, 2.45) is 0 Å². The van der Waals surface area contributed by atoms with Crippen LogP contribution in [0.5, 0.6) is 0 Å². The number of sulfonamides is 1. The van der Waals surface area contributed by atoms with E-state index in [9.17, 15) is 13.2 Å². The summed E-state index contributed by atoms with van der Waals surface area (Å²) in [6.45, 7) is 9.40. The molecule has 0 unspecified atom stereocenters. The third-order valence-electron chi connectivity index (χ3n) is 5.87. The highest BCUT2D eigenvalue weighted by molar-refractivity contribution is 7.89. The van der Waals surface area contributed by atoms with Gasteiger partial charge in [0.05, 0.1) is 4.90 Å². The van der Waals surface area contributed by atoms with Gasteiger partial charge in [0.2, 0.25) is 10.0 Å². The van der Waals surface area contributed by atoms with Crippen molar-refractivity contribution in [1.82, 2.24) is 14.5 Å². The van der Waals surface area contributed by atoms with Crippen LogP contribution in [0.3, 0.4) is 0 Å². The molecule has 3 rings (SSSR count). The van der Waals surface area contributed by atoms with Gasteiger partial charge in [-0.2, -0.15) is 4.31 Å². The second kappa shape index (κ2) is 10.4. The molecule has 1 aliphatic rings. The topological polar surface area (TPSA) is 69.7 Å². The average Bonchev–Trinajstić information content (AvgIpc) is 2.76. The molecular weight excluding hydrogens is 410 g/mol. The summed E-state index contributed by atoms with van der Waals surface area (Å²) in [6, 6.07) is 15.0. The van der Waals surface area contributed by atoms with E-state index in [1.807, 2.05) is 13.8 Å². The molecule has 0 aromatic heterocycles. The molecule has 168 valence electrons. The van der Waals surface area contributed by atoms with Gasteiger partial charge in [-0.3, -0.25) is 9.69 Å². The molecule has 0 bridgehead atoms. The molecule has 31 heavy (non-hydrogen) atoms. The van der Waals surface area contributed by atoms with E-state index in [1.165, 1.54) is 27.6 Å². The Morgan fingerprint density at radius 2 is 1.71 bits per heavy atom. The summed E-state index contributed by atoms with van der Waals surface area (Å²) in [6.07, 6.45) is 1.82. The van der Waals surface area contributed by atoms with E-state index in [0.717, 1.165) is 32.5 Å². The smallest absolute Gasteiger partial charge is 0.251 e. The lowest BCUT2D eigenvalue weighted by Gasteiger charge is -2.32. The van der Waals surface area contributed by atoms with Crippen molar-refractivity contribution >= 4 is 15.9 Å². The van der Waals surface area contributed by atoms with Crippen LogP contribution in [-0.4, -0.2) is 55.8 Å². The number of piperidine rings is 1. The van der Waals surface area contributed by atoms with E-state index < -0.39 is 10.0 Å². The molecule has 0 spiro atoms. The van der Waals surface area contributed by atoms with Crippen molar-refractivity contribution in [3.63, 3.8) is 0 Å². The van der Waals surface area contributed by atoms with Crippen molar-refractivity contribution < 1.29 is 13.2 Å². The lowest BCUT2D eigenvalue weighted by atomic mass is 10.0. The molecule has 0 aliphatic carbocycles. The minimum Gasteiger partial charge on any atom is -0.349 e. The van der Waals surface area contributed by atoms with Crippen LogP contribution in [0.1, 0.15) is 48.2 Å². The number of hydrogen-bond donors (Lipinski definition) is 1. The van der Waals surface area contributed by atoms with Gasteiger partial charge >= 0.3 is 0 Å². The molecule has 1 N–H and O–H groups in total. The van der Waals surface area contributed by atoms with E-state index >= 15 is 0 Å². The number of likely N-dealkylation sites (tertiary alicyclic amines) is 1. The van der Waals surface area contributed by atoms with Crippen LogP contribution < -0.4 is 5.32 Å². The number of rotatable bonds is 8. The Labute approximate surface area is 186 Å². The molecule has 0 radical (unpaired) electrons. The van der Waals surface area contributed by atoms with Crippen LogP contribution in [0.4, 0.5) is 0 Å². The maximum atomic E-state index is 12.6. The predicted octanol–water partition coefficient (Wildman–Crippen LogP) is 3.42. The number of aryl methyl sites for hydroxylation is 1. The molecule has 1 fully saturated rings. The van der Waals surface area contributed by atoms with E-state index in [2.05, 4.69) is 41.4 Å². The molecule has 1 aliphatic heterocycles. The molecule has 0 atom stereocenters. The molecular formula is C24H33N3O3S. The zero-order valence-corrected chi connectivity index (χ0v) is 19.5. The molecule has 1 amide bonds. The lowest BCUT2D eigenvalue weighted by molar-refractivity contribution is 0.0909. The molecule has 7 heteroatoms. The Bertz CT molecular complexity index is 977. The number of nitrogens with zero attached hydrogens (tertiary/aromatic N) is 2. The first-order valence-electron chi connectivity index (χ1n) is 11.0. The van der Waals surface area contributed by atoms with Gasteiger partial charge in [-0.15, -0.1) is 0 Å². The van der Waals surface area contributed by atoms with Gasteiger partial charge in [0, 0.05) is 44.3 Å². The summed E-state index contributed by atoms with van der Waals surface area (Å²) in [4.78, 5) is 15.3. The highest BCUT2D eigenvalue weighted by Crippen LogP contribution is 2.18. The van der Waals surface area contributed by atoms with Crippen molar-refractivity contribution in [1.29, 1.82) is 0 Å². The summed E-state index contributed by atoms with van der Waals surface area (Å²) in [5.41, 5.74) is 3.08. The Morgan fingerprint density at radius 3 is 2.29 bits per heavy atom. The van der Waals surface area contributed by atoms with Crippen molar-refractivity contribution in [2.45, 2.75) is 51.1 Å². The second-order valence-electron chi connectivity index (χ2n) is 8.13. The maximum absolute atomic E-state index is 12.6. The average molecular weight is 444 g/mol. The lowest BCUT2D eigenvalue weighted by Crippen LogP contribution is -2.44. The summed E-state index contributed by atoms with van der Waals surface area (Å²) in [5, 5.41) is 3.11. The number of hydrogen-bond acceptors (Lipinski definition) is 4. The van der Waals surface area contributed by atoms with Crippen LogP contribution in [-0.2, 0) is 16.6 Å². The second-order valence-corrected chi connectivity index (χ2v) is 10.1. The number of benzene rings is 2. The van der Waals surface area contributed by atoms with Crippen LogP contribution in [0, 0.1) is 6.92 Å². The predicted molar refractivity (Wildman–Crippen MR) is 123 cm³/mol. The third kappa shape index (κ3) is 5.93. The van der Waals surface area contributed by atoms with E-state index in [-0.39, 0.29) is 16.8 Å². The minimum absolute atomic E-state index is 0.139. The number of carbonyl (C=O) groups is 1. The highest BCUT2D eigenvalue weighted by atomic mass is 32.2. The third-order valence-corrected chi connectivity index (χ3v) is 7.94. The summed E-state index contributed by atoms with van der Waals surface area (Å²) in [5.74, 6) is -0.149. The fourth-order valence-electron chi connectivity index (χ4n) is 4.06. The van der Waals surface area contributed by atoms with Crippen LogP contribution in [0.25, 0.3) is 0 Å². The summed E-state index contributed by atoms with van der Waals surface area (Å²) < 4.78 is 26.6. The van der Waals surface area contributed by atoms with Crippen molar-refractivity contribution in [3.8, 4) is 0 Å². The van der Waals surface area contributed by atoms with Gasteiger partial charge in [-0.25, -0.2) is 8.42 Å². The van der Waals surface area contributed by atoms with Gasteiger partial charge in [0.25, 0.3) is 5.91 Å². The van der Waals surface area contributed by atoms with E-state index in [1.54, 1.807) is 12.1 Å². The SMILES string of the molecule is CCN(CC)S(=O)(=O)c1ccc(C(=O)NC2CCN(Cc3cccc(C)c3)CC2)cc1. The zero-order chi connectivity index (χ0) is 22.4. The zero-order valence-electron chi connectivity index (χ0n) is 18.7.